The Balaban J connectivity index is 2.41. The summed E-state index contributed by atoms with van der Waals surface area (Å²) < 4.78 is 2.74. The predicted octanol–water partition coefficient (Wildman–Crippen LogP) is 1.07. The number of hydrogen-bond donors (Lipinski definition) is 2. The van der Waals surface area contributed by atoms with Crippen molar-refractivity contribution in [2.45, 2.75) is 13.5 Å². The van der Waals surface area contributed by atoms with Crippen molar-refractivity contribution in [2.75, 3.05) is 12.3 Å². The topological polar surface area (TPSA) is 89.8 Å². The zero-order valence-electron chi connectivity index (χ0n) is 9.26. The van der Waals surface area contributed by atoms with Crippen LogP contribution in [0, 0.1) is 0 Å². The monoisotopic (exact) mass is 297 g/mol. The molecule has 2 aromatic rings. The van der Waals surface area contributed by atoms with Crippen LogP contribution >= 0.6 is 15.9 Å². The van der Waals surface area contributed by atoms with Gasteiger partial charge in [-0.2, -0.15) is 0 Å². The van der Waals surface area contributed by atoms with E-state index in [4.69, 9.17) is 10.8 Å². The van der Waals surface area contributed by atoms with E-state index in [1.165, 1.54) is 6.33 Å². The molecule has 0 aliphatic rings. The molecule has 0 aliphatic heterocycles. The van der Waals surface area contributed by atoms with Gasteiger partial charge in [0.05, 0.1) is 19.5 Å². The minimum atomic E-state index is 0.0182. The summed E-state index contributed by atoms with van der Waals surface area (Å²) in [5, 5.41) is 9.03. The Morgan fingerprint density at radius 3 is 2.94 bits per heavy atom. The molecule has 0 saturated carbocycles. The molecule has 0 radical (unpaired) electrons. The second kappa shape index (κ2) is 4.80. The summed E-state index contributed by atoms with van der Waals surface area (Å²) in [4.78, 5) is 12.2. The highest BCUT2D eigenvalue weighted by atomic mass is 79.9. The molecule has 6 nitrogen and oxygen atoms in total. The summed E-state index contributed by atoms with van der Waals surface area (Å²) in [7, 11) is 0. The molecule has 0 amide bonds. The standard InChI is InChI=1S/C10H12BrN5O/c1-6(3-17)7(11)2-16-5-15-8-9(12)13-4-14-10(8)16/h4-5,17H,2-3H2,1H3,(H2,12,13,14)/b7-6-. The van der Waals surface area contributed by atoms with Gasteiger partial charge in [-0.05, 0) is 12.5 Å². The third-order valence-electron chi connectivity index (χ3n) is 2.44. The summed E-state index contributed by atoms with van der Waals surface area (Å²) >= 11 is 3.43. The first-order valence-corrected chi connectivity index (χ1v) is 5.79. The van der Waals surface area contributed by atoms with Crippen molar-refractivity contribution in [3.8, 4) is 0 Å². The van der Waals surface area contributed by atoms with E-state index in [0.29, 0.717) is 23.5 Å². The van der Waals surface area contributed by atoms with Crippen molar-refractivity contribution >= 4 is 32.9 Å². The largest absolute Gasteiger partial charge is 0.392 e. The number of rotatable bonds is 3. The van der Waals surface area contributed by atoms with Gasteiger partial charge in [0, 0.05) is 4.48 Å². The third-order valence-corrected chi connectivity index (χ3v) is 3.37. The Labute approximate surface area is 106 Å². The lowest BCUT2D eigenvalue weighted by molar-refractivity contribution is 0.330. The molecule has 0 spiro atoms. The van der Waals surface area contributed by atoms with Gasteiger partial charge >= 0.3 is 0 Å². The molecule has 0 fully saturated rings. The number of aromatic nitrogens is 4. The summed E-state index contributed by atoms with van der Waals surface area (Å²) in [6.45, 7) is 2.43. The van der Waals surface area contributed by atoms with E-state index in [0.717, 1.165) is 10.1 Å². The lowest BCUT2D eigenvalue weighted by Gasteiger charge is -2.05. The molecule has 0 aromatic carbocycles. The Hall–Kier alpha value is -1.47. The van der Waals surface area contributed by atoms with Gasteiger partial charge in [-0.15, -0.1) is 0 Å². The van der Waals surface area contributed by atoms with Crippen LogP contribution in [0.4, 0.5) is 5.82 Å². The number of halogens is 1. The van der Waals surface area contributed by atoms with Crippen LogP contribution in [0.15, 0.2) is 22.7 Å². The van der Waals surface area contributed by atoms with Crippen molar-refractivity contribution in [2.24, 2.45) is 0 Å². The van der Waals surface area contributed by atoms with Gasteiger partial charge in [0.1, 0.15) is 11.8 Å². The van der Waals surface area contributed by atoms with Gasteiger partial charge in [-0.3, -0.25) is 0 Å². The maximum atomic E-state index is 9.03. The first kappa shape index (κ1) is 12.0. The fourth-order valence-corrected chi connectivity index (χ4v) is 1.78. The molecule has 2 aromatic heterocycles. The van der Waals surface area contributed by atoms with Gasteiger partial charge in [0.15, 0.2) is 11.5 Å². The quantitative estimate of drug-likeness (QED) is 0.884. The van der Waals surface area contributed by atoms with Crippen LogP contribution in [0.25, 0.3) is 11.2 Å². The Kier molecular flexibility index (Phi) is 3.39. The van der Waals surface area contributed by atoms with E-state index in [1.807, 2.05) is 11.5 Å². The van der Waals surface area contributed by atoms with Crippen LogP contribution in [-0.2, 0) is 6.54 Å². The van der Waals surface area contributed by atoms with Crippen molar-refractivity contribution in [1.29, 1.82) is 0 Å². The number of hydrogen-bond acceptors (Lipinski definition) is 5. The van der Waals surface area contributed by atoms with Crippen molar-refractivity contribution in [3.05, 3.63) is 22.7 Å². The average Bonchev–Trinajstić information content (AvgIpc) is 2.73. The van der Waals surface area contributed by atoms with Crippen molar-refractivity contribution in [3.63, 3.8) is 0 Å². The van der Waals surface area contributed by atoms with E-state index in [9.17, 15) is 0 Å². The minimum absolute atomic E-state index is 0.0182. The molecule has 3 N–H and O–H groups in total. The average molecular weight is 298 g/mol. The molecule has 2 heterocycles. The second-order valence-corrected chi connectivity index (χ2v) is 4.60. The predicted molar refractivity (Wildman–Crippen MR) is 68.4 cm³/mol. The molecule has 2 rings (SSSR count). The van der Waals surface area contributed by atoms with Gasteiger partial charge in [0.2, 0.25) is 0 Å². The first-order valence-electron chi connectivity index (χ1n) is 4.99. The van der Waals surface area contributed by atoms with Crippen LogP contribution in [0.5, 0.6) is 0 Å². The minimum Gasteiger partial charge on any atom is -0.392 e. The van der Waals surface area contributed by atoms with Crippen LogP contribution in [0.3, 0.4) is 0 Å². The number of nitrogens with zero attached hydrogens (tertiary/aromatic N) is 4. The van der Waals surface area contributed by atoms with Crippen molar-refractivity contribution in [1.82, 2.24) is 19.5 Å². The van der Waals surface area contributed by atoms with E-state index in [2.05, 4.69) is 30.9 Å². The van der Waals surface area contributed by atoms with E-state index in [-0.39, 0.29) is 6.61 Å². The summed E-state index contributed by atoms with van der Waals surface area (Å²) in [6.07, 6.45) is 3.06. The number of anilines is 1. The van der Waals surface area contributed by atoms with Gasteiger partial charge in [-0.1, -0.05) is 15.9 Å². The normalized spacial score (nSPS) is 12.9. The molecule has 0 atom stereocenters. The van der Waals surface area contributed by atoms with E-state index >= 15 is 0 Å². The zero-order valence-corrected chi connectivity index (χ0v) is 10.8. The lowest BCUT2D eigenvalue weighted by Crippen LogP contribution is -2.01. The number of aliphatic hydroxyl groups excluding tert-OH is 1. The van der Waals surface area contributed by atoms with Crippen molar-refractivity contribution < 1.29 is 5.11 Å². The molecule has 0 saturated heterocycles. The molecule has 17 heavy (non-hydrogen) atoms. The number of aliphatic hydroxyl groups is 1. The highest BCUT2D eigenvalue weighted by Crippen LogP contribution is 2.19. The summed E-state index contributed by atoms with van der Waals surface area (Å²) in [5.74, 6) is 0.368. The summed E-state index contributed by atoms with van der Waals surface area (Å²) in [5.41, 5.74) is 7.84. The molecular weight excluding hydrogens is 286 g/mol. The lowest BCUT2D eigenvalue weighted by atomic mass is 10.3. The summed E-state index contributed by atoms with van der Waals surface area (Å²) in [6, 6.07) is 0. The number of imidazole rings is 1. The Bertz CT molecular complexity index is 577. The van der Waals surface area contributed by atoms with Crippen LogP contribution < -0.4 is 5.73 Å². The van der Waals surface area contributed by atoms with Gasteiger partial charge in [-0.25, -0.2) is 15.0 Å². The van der Waals surface area contributed by atoms with Crippen LogP contribution in [0.1, 0.15) is 6.92 Å². The maximum absolute atomic E-state index is 9.03. The molecule has 7 heteroatoms. The molecular formula is C10H12BrN5O. The van der Waals surface area contributed by atoms with Gasteiger partial charge in [0.25, 0.3) is 0 Å². The van der Waals surface area contributed by atoms with Crippen LogP contribution in [-0.4, -0.2) is 31.2 Å². The SMILES string of the molecule is C/C(CO)=C(/Br)Cn1cnc2c(N)ncnc21. The molecule has 0 bridgehead atoms. The van der Waals surface area contributed by atoms with Gasteiger partial charge < -0.3 is 15.4 Å². The Morgan fingerprint density at radius 2 is 2.24 bits per heavy atom. The number of nitrogen functional groups attached to an aromatic ring is 1. The molecule has 0 unspecified atom stereocenters. The maximum Gasteiger partial charge on any atom is 0.165 e. The highest BCUT2D eigenvalue weighted by Gasteiger charge is 2.09. The third kappa shape index (κ3) is 2.29. The number of nitrogens with two attached hydrogens (primary N) is 1. The molecule has 90 valence electrons. The number of fused-ring (bicyclic) bond motifs is 1. The molecule has 0 aliphatic carbocycles. The van der Waals surface area contributed by atoms with E-state index < -0.39 is 0 Å². The zero-order chi connectivity index (χ0) is 12.4. The fourth-order valence-electron chi connectivity index (χ4n) is 1.38. The Morgan fingerprint density at radius 1 is 1.47 bits per heavy atom. The smallest absolute Gasteiger partial charge is 0.165 e. The first-order chi connectivity index (χ1) is 8.13. The highest BCUT2D eigenvalue weighted by molar-refractivity contribution is 9.11. The van der Waals surface area contributed by atoms with Crippen LogP contribution in [0.2, 0.25) is 0 Å². The fraction of sp³-hybridized carbons (Fsp3) is 0.300. The number of allylic oxidation sites excluding steroid dienone is 1. The van der Waals surface area contributed by atoms with E-state index in [1.54, 1.807) is 6.33 Å². The second-order valence-electron chi connectivity index (χ2n) is 3.65.